The van der Waals surface area contributed by atoms with Crippen molar-refractivity contribution in [1.29, 1.82) is 0 Å². The zero-order valence-corrected chi connectivity index (χ0v) is 13.9. The van der Waals surface area contributed by atoms with Gasteiger partial charge in [-0.15, -0.1) is 0 Å². The van der Waals surface area contributed by atoms with Crippen molar-refractivity contribution in [3.63, 3.8) is 0 Å². The van der Waals surface area contributed by atoms with Crippen LogP contribution in [-0.4, -0.2) is 22.9 Å². The summed E-state index contributed by atoms with van der Waals surface area (Å²) in [6, 6.07) is 2.09. The Bertz CT molecular complexity index is 575. The molecule has 0 spiro atoms. The lowest BCUT2D eigenvalue weighted by molar-refractivity contribution is 0.0442. The molecule has 1 aromatic rings. The summed E-state index contributed by atoms with van der Waals surface area (Å²) in [6.45, 7) is 0. The fraction of sp³-hybridized carbons (Fsp3) is 0.632. The molecule has 0 unspecified atom stereocenters. The predicted molar refractivity (Wildman–Crippen MR) is 86.2 cm³/mol. The first kappa shape index (κ1) is 17.3. The van der Waals surface area contributed by atoms with E-state index in [4.69, 9.17) is 0 Å². The van der Waals surface area contributed by atoms with Gasteiger partial charge in [0.2, 0.25) is 0 Å². The lowest BCUT2D eigenvalue weighted by atomic mass is 9.88. The molecule has 0 radical (unpaired) electrons. The van der Waals surface area contributed by atoms with E-state index in [1.165, 1.54) is 0 Å². The highest BCUT2D eigenvalue weighted by Crippen LogP contribution is 2.32. The third-order valence-electron chi connectivity index (χ3n) is 5.44. The number of hydrogen-bond donors (Lipinski definition) is 0. The lowest BCUT2D eigenvalue weighted by Gasteiger charge is -2.42. The van der Waals surface area contributed by atoms with Crippen LogP contribution in [0.15, 0.2) is 12.1 Å². The Morgan fingerprint density at radius 2 is 1.29 bits per heavy atom. The van der Waals surface area contributed by atoms with Crippen LogP contribution in [0.4, 0.5) is 13.2 Å². The predicted octanol–water partition coefficient (Wildman–Crippen LogP) is 5.21. The van der Waals surface area contributed by atoms with Crippen LogP contribution in [0.25, 0.3) is 0 Å². The molecule has 2 saturated carbocycles. The Balaban J connectivity index is 1.91. The van der Waals surface area contributed by atoms with E-state index in [2.05, 4.69) is 0 Å². The lowest BCUT2D eigenvalue weighted by Crippen LogP contribution is -2.49. The molecule has 1 amide bonds. The fourth-order valence-electron chi connectivity index (χ4n) is 4.18. The van der Waals surface area contributed by atoms with Gasteiger partial charge in [0.25, 0.3) is 5.91 Å². The summed E-state index contributed by atoms with van der Waals surface area (Å²) in [5.74, 6) is -4.67. The van der Waals surface area contributed by atoms with Gasteiger partial charge in [0.1, 0.15) is 0 Å². The maximum atomic E-state index is 14.1. The highest BCUT2D eigenvalue weighted by molar-refractivity contribution is 5.95. The Morgan fingerprint density at radius 3 is 1.79 bits per heavy atom. The summed E-state index contributed by atoms with van der Waals surface area (Å²) in [5.41, 5.74) is -0.343. The summed E-state index contributed by atoms with van der Waals surface area (Å²) in [4.78, 5) is 14.8. The Kier molecular flexibility index (Phi) is 5.47. The second-order valence-electron chi connectivity index (χ2n) is 7.02. The van der Waals surface area contributed by atoms with Gasteiger partial charge in [-0.05, 0) is 37.8 Å². The first-order chi connectivity index (χ1) is 11.6. The molecule has 2 fully saturated rings. The first-order valence-electron chi connectivity index (χ1n) is 9.05. The molecular formula is C19H24F3NO. The number of carbonyl (C=O) groups excluding carboxylic acids is 1. The molecule has 2 aliphatic carbocycles. The third kappa shape index (κ3) is 3.45. The van der Waals surface area contributed by atoms with Crippen molar-refractivity contribution in [1.82, 2.24) is 4.90 Å². The van der Waals surface area contributed by atoms with Gasteiger partial charge in [0, 0.05) is 12.1 Å². The first-order valence-corrected chi connectivity index (χ1v) is 9.05. The Morgan fingerprint density at radius 1 is 0.792 bits per heavy atom. The number of nitrogens with zero attached hydrogens (tertiary/aromatic N) is 1. The highest BCUT2D eigenvalue weighted by Gasteiger charge is 2.34. The summed E-state index contributed by atoms with van der Waals surface area (Å²) in [7, 11) is 0. The van der Waals surface area contributed by atoms with E-state index in [9.17, 15) is 18.0 Å². The van der Waals surface area contributed by atoms with E-state index >= 15 is 0 Å². The van der Waals surface area contributed by atoms with Crippen LogP contribution in [0.1, 0.15) is 74.6 Å². The minimum absolute atomic E-state index is 0.0851. The van der Waals surface area contributed by atoms with E-state index in [1.807, 2.05) is 0 Å². The topological polar surface area (TPSA) is 20.3 Å². The summed E-state index contributed by atoms with van der Waals surface area (Å²) >= 11 is 0. The quantitative estimate of drug-likeness (QED) is 0.692. The zero-order valence-electron chi connectivity index (χ0n) is 13.9. The molecule has 0 saturated heterocycles. The smallest absolute Gasteiger partial charge is 0.257 e. The maximum absolute atomic E-state index is 14.1. The second-order valence-corrected chi connectivity index (χ2v) is 7.02. The second kappa shape index (κ2) is 7.58. The van der Waals surface area contributed by atoms with E-state index in [1.54, 1.807) is 4.90 Å². The van der Waals surface area contributed by atoms with Gasteiger partial charge in [-0.2, -0.15) is 0 Å². The molecular weight excluding hydrogens is 315 g/mol. The van der Waals surface area contributed by atoms with E-state index in [-0.39, 0.29) is 17.6 Å². The van der Waals surface area contributed by atoms with Crippen molar-refractivity contribution >= 4 is 5.91 Å². The summed E-state index contributed by atoms with van der Waals surface area (Å²) in [5, 5.41) is 0. The number of hydrogen-bond acceptors (Lipinski definition) is 1. The minimum Gasteiger partial charge on any atom is -0.333 e. The Hall–Kier alpha value is -1.52. The molecule has 5 heteroatoms. The van der Waals surface area contributed by atoms with Crippen LogP contribution in [0, 0.1) is 17.5 Å². The van der Waals surface area contributed by atoms with Gasteiger partial charge in [-0.1, -0.05) is 38.5 Å². The summed E-state index contributed by atoms with van der Waals surface area (Å²) < 4.78 is 40.9. The van der Waals surface area contributed by atoms with Crippen LogP contribution in [-0.2, 0) is 0 Å². The van der Waals surface area contributed by atoms with Gasteiger partial charge in [-0.25, -0.2) is 13.2 Å². The van der Waals surface area contributed by atoms with Crippen molar-refractivity contribution in [2.75, 3.05) is 0 Å². The number of halogens is 3. The van der Waals surface area contributed by atoms with Crippen molar-refractivity contribution in [2.45, 2.75) is 76.3 Å². The van der Waals surface area contributed by atoms with E-state index < -0.39 is 23.4 Å². The molecule has 24 heavy (non-hydrogen) atoms. The minimum atomic E-state index is -1.56. The van der Waals surface area contributed by atoms with Gasteiger partial charge >= 0.3 is 0 Å². The molecule has 2 nitrogen and oxygen atoms in total. The van der Waals surface area contributed by atoms with Gasteiger partial charge in [-0.3, -0.25) is 4.79 Å². The van der Waals surface area contributed by atoms with E-state index in [0.717, 1.165) is 76.3 Å². The Labute approximate surface area is 141 Å². The number of rotatable bonds is 3. The number of benzene rings is 1. The van der Waals surface area contributed by atoms with Crippen molar-refractivity contribution in [3.8, 4) is 0 Å². The van der Waals surface area contributed by atoms with E-state index in [0.29, 0.717) is 0 Å². The normalized spacial score (nSPS) is 20.1. The average molecular weight is 339 g/mol. The molecule has 0 N–H and O–H groups in total. The molecule has 132 valence electrons. The molecule has 0 bridgehead atoms. The van der Waals surface area contributed by atoms with Crippen LogP contribution >= 0.6 is 0 Å². The largest absolute Gasteiger partial charge is 0.333 e. The molecule has 0 heterocycles. The third-order valence-corrected chi connectivity index (χ3v) is 5.44. The van der Waals surface area contributed by atoms with Gasteiger partial charge < -0.3 is 4.90 Å². The van der Waals surface area contributed by atoms with Gasteiger partial charge in [0.15, 0.2) is 17.5 Å². The summed E-state index contributed by atoms with van der Waals surface area (Å²) in [6.07, 6.45) is 10.2. The van der Waals surface area contributed by atoms with Crippen LogP contribution in [0.2, 0.25) is 0 Å². The molecule has 0 aromatic heterocycles. The molecule has 0 aliphatic heterocycles. The van der Waals surface area contributed by atoms with Gasteiger partial charge in [0.05, 0.1) is 5.56 Å². The monoisotopic (exact) mass is 339 g/mol. The fourth-order valence-corrected chi connectivity index (χ4v) is 4.18. The van der Waals surface area contributed by atoms with Crippen molar-refractivity contribution < 1.29 is 18.0 Å². The molecule has 3 rings (SSSR count). The van der Waals surface area contributed by atoms with Crippen LogP contribution < -0.4 is 0 Å². The molecule has 1 aromatic carbocycles. The molecule has 2 aliphatic rings. The van der Waals surface area contributed by atoms with Crippen molar-refractivity contribution in [2.24, 2.45) is 0 Å². The zero-order chi connectivity index (χ0) is 17.1. The standard InChI is InChI=1S/C19H24F3NO/c20-16-12-11-15(17(21)18(16)22)19(24)23(13-7-3-1-4-8-13)14-9-5-2-6-10-14/h11-14H,1-10H2. The van der Waals surface area contributed by atoms with Crippen LogP contribution in [0.3, 0.4) is 0 Å². The van der Waals surface area contributed by atoms with Crippen molar-refractivity contribution in [3.05, 3.63) is 35.1 Å². The number of amides is 1. The number of carbonyl (C=O) groups is 1. The maximum Gasteiger partial charge on any atom is 0.257 e. The average Bonchev–Trinajstić information content (AvgIpc) is 2.62. The SMILES string of the molecule is O=C(c1ccc(F)c(F)c1F)N(C1CCCCC1)C1CCCCC1. The highest BCUT2D eigenvalue weighted by atomic mass is 19.2. The molecule has 0 atom stereocenters. The van der Waals surface area contributed by atoms with Crippen LogP contribution in [0.5, 0.6) is 0 Å².